The third kappa shape index (κ3) is 1.72. The van der Waals surface area contributed by atoms with E-state index in [9.17, 15) is 0 Å². The Morgan fingerprint density at radius 3 is 2.75 bits per heavy atom. The maximum Gasteiger partial charge on any atom is 0.186 e. The number of hydrogen-bond acceptors (Lipinski definition) is 2. The Balaban J connectivity index is 2.90. The molecule has 0 aliphatic carbocycles. The molecule has 1 unspecified atom stereocenters. The molecule has 1 heterocycles. The zero-order valence-electron chi connectivity index (χ0n) is 6.04. The average molecular weight is 202 g/mol. The maximum absolute atomic E-state index is 8.75. The quantitative estimate of drug-likeness (QED) is 0.366. The van der Waals surface area contributed by atoms with E-state index >= 15 is 0 Å². The molecule has 0 saturated heterocycles. The van der Waals surface area contributed by atoms with Gasteiger partial charge >= 0.3 is 0 Å². The van der Waals surface area contributed by atoms with Gasteiger partial charge in [-0.3, -0.25) is 0 Å². The van der Waals surface area contributed by atoms with Gasteiger partial charge in [0.15, 0.2) is 6.19 Å². The van der Waals surface area contributed by atoms with Crippen molar-refractivity contribution in [3.05, 3.63) is 22.9 Å². The highest BCUT2D eigenvalue weighted by Crippen LogP contribution is 2.23. The van der Waals surface area contributed by atoms with E-state index in [2.05, 4.69) is 0 Å². The largest absolute Gasteiger partial charge is 0.248 e. The molecule has 0 amide bonds. The molecule has 0 N–H and O–H groups in total. The minimum absolute atomic E-state index is 0.126. The van der Waals surface area contributed by atoms with Gasteiger partial charge in [0.2, 0.25) is 0 Å². The van der Waals surface area contributed by atoms with Crippen molar-refractivity contribution in [1.82, 2.24) is 10.6 Å². The van der Waals surface area contributed by atoms with Crippen molar-refractivity contribution in [1.29, 1.82) is 5.26 Å². The van der Waals surface area contributed by atoms with Crippen LogP contribution >= 0.6 is 23.2 Å². The molecular formula is C7H5Cl2N3. The molecule has 12 heavy (non-hydrogen) atoms. The van der Waals surface area contributed by atoms with Crippen LogP contribution in [-0.2, 0) is 0 Å². The van der Waals surface area contributed by atoms with Gasteiger partial charge < -0.3 is 0 Å². The predicted molar refractivity (Wildman–Crippen MR) is 46.1 cm³/mol. The Hall–Kier alpha value is -0.690. The van der Waals surface area contributed by atoms with Gasteiger partial charge in [0.1, 0.15) is 10.7 Å². The Morgan fingerprint density at radius 1 is 1.67 bits per heavy atom. The summed E-state index contributed by atoms with van der Waals surface area (Å²) in [6.45, 7) is -0.126. The number of alkyl halides is 1. The van der Waals surface area contributed by atoms with Crippen LogP contribution in [0.1, 0.15) is 0 Å². The van der Waals surface area contributed by atoms with Crippen LogP contribution in [0.2, 0.25) is 0 Å². The van der Waals surface area contributed by atoms with Crippen molar-refractivity contribution in [2.45, 2.75) is 5.50 Å². The first-order valence-corrected chi connectivity index (χ1v) is 4.02. The van der Waals surface area contributed by atoms with E-state index in [1.165, 1.54) is 6.08 Å². The summed E-state index contributed by atoms with van der Waals surface area (Å²) in [7, 11) is 0. The fraction of sp³-hybridized carbons (Fsp3) is 0.286. The highest BCUT2D eigenvalue weighted by atomic mass is 35.5. The molecule has 0 spiro atoms. The molecule has 0 fully saturated rings. The second-order valence-corrected chi connectivity index (χ2v) is 3.04. The van der Waals surface area contributed by atoms with E-state index in [1.807, 2.05) is 6.19 Å². The van der Waals surface area contributed by atoms with Gasteiger partial charge in [-0.05, 0) is 17.7 Å². The van der Waals surface area contributed by atoms with E-state index in [-0.39, 0.29) is 11.7 Å². The lowest BCUT2D eigenvalue weighted by atomic mass is 10.2. The summed E-state index contributed by atoms with van der Waals surface area (Å²) >= 11 is 11.4. The molecule has 0 aromatic rings. The number of hydrogen-bond donors (Lipinski definition) is 0. The summed E-state index contributed by atoms with van der Waals surface area (Å²) in [5.41, 5.74) is 8.77. The molecule has 1 aliphatic rings. The van der Waals surface area contributed by atoms with Gasteiger partial charge in [-0.15, -0.1) is 5.73 Å². The van der Waals surface area contributed by atoms with Crippen molar-refractivity contribution < 1.29 is 0 Å². The Morgan fingerprint density at radius 2 is 2.33 bits per heavy atom. The minimum Gasteiger partial charge on any atom is -0.248 e. The Labute approximate surface area is 80.6 Å². The Kier molecular flexibility index (Phi) is 2.99. The molecule has 2 radical (unpaired) electrons. The zero-order valence-corrected chi connectivity index (χ0v) is 7.55. The van der Waals surface area contributed by atoms with Crippen molar-refractivity contribution in [2.24, 2.45) is 0 Å². The first-order chi connectivity index (χ1) is 5.69. The minimum atomic E-state index is -0.602. The van der Waals surface area contributed by atoms with Gasteiger partial charge in [0.05, 0.1) is 6.54 Å². The SMILES string of the molecule is [N]CC1=CC(Cl)N(C#N)C(Cl)=C1. The van der Waals surface area contributed by atoms with Crippen LogP contribution in [0.25, 0.3) is 0 Å². The van der Waals surface area contributed by atoms with Gasteiger partial charge in [0.25, 0.3) is 0 Å². The van der Waals surface area contributed by atoms with Gasteiger partial charge in [-0.25, -0.2) is 4.90 Å². The van der Waals surface area contributed by atoms with Crippen molar-refractivity contribution in [3.8, 4) is 6.19 Å². The molecule has 1 aliphatic heterocycles. The summed E-state index contributed by atoms with van der Waals surface area (Å²) < 4.78 is 0. The number of halogens is 2. The van der Waals surface area contributed by atoms with Crippen LogP contribution < -0.4 is 5.73 Å². The second-order valence-electron chi connectivity index (χ2n) is 2.21. The highest BCUT2D eigenvalue weighted by Gasteiger charge is 2.19. The van der Waals surface area contributed by atoms with E-state index < -0.39 is 5.50 Å². The lowest BCUT2D eigenvalue weighted by Gasteiger charge is -2.22. The Bertz CT molecular complexity index is 277. The number of rotatable bonds is 1. The highest BCUT2D eigenvalue weighted by molar-refractivity contribution is 6.31. The van der Waals surface area contributed by atoms with E-state index in [0.717, 1.165) is 4.90 Å². The number of nitrogens with zero attached hydrogens (tertiary/aromatic N) is 3. The smallest absolute Gasteiger partial charge is 0.186 e. The van der Waals surface area contributed by atoms with E-state index in [4.69, 9.17) is 34.2 Å². The predicted octanol–water partition coefficient (Wildman–Crippen LogP) is 1.42. The van der Waals surface area contributed by atoms with Crippen molar-refractivity contribution in [3.63, 3.8) is 0 Å². The van der Waals surface area contributed by atoms with Gasteiger partial charge in [0, 0.05) is 0 Å². The van der Waals surface area contributed by atoms with Crippen molar-refractivity contribution in [2.75, 3.05) is 6.54 Å². The van der Waals surface area contributed by atoms with Crippen molar-refractivity contribution >= 4 is 23.2 Å². The molecule has 0 aromatic carbocycles. The molecule has 1 rings (SSSR count). The summed E-state index contributed by atoms with van der Waals surface area (Å²) in [6, 6.07) is 0. The fourth-order valence-electron chi connectivity index (χ4n) is 0.841. The van der Waals surface area contributed by atoms with E-state index in [1.54, 1.807) is 6.08 Å². The zero-order chi connectivity index (χ0) is 9.14. The standard InChI is InChI=1S/C7H5Cl2N3/c8-6-1-5(3-10)2-7(9)12(6)4-11/h1-2,6H,3H2. The maximum atomic E-state index is 8.75. The monoisotopic (exact) mass is 201 g/mol. The summed E-state index contributed by atoms with van der Waals surface area (Å²) in [6.07, 6.45) is 4.89. The van der Waals surface area contributed by atoms with Crippen LogP contribution in [-0.4, -0.2) is 16.9 Å². The van der Waals surface area contributed by atoms with Crippen LogP contribution in [0, 0.1) is 11.5 Å². The van der Waals surface area contributed by atoms with Gasteiger partial charge in [-0.2, -0.15) is 5.26 Å². The molecule has 1 atom stereocenters. The normalized spacial score (nSPS) is 22.8. The average Bonchev–Trinajstić information content (AvgIpc) is 2.03. The van der Waals surface area contributed by atoms with Crippen LogP contribution in [0.4, 0.5) is 0 Å². The lowest BCUT2D eigenvalue weighted by molar-refractivity contribution is 0.519. The summed E-state index contributed by atoms with van der Waals surface area (Å²) in [5.74, 6) is 0. The fourth-order valence-corrected chi connectivity index (χ4v) is 1.48. The molecule has 0 saturated carbocycles. The van der Waals surface area contributed by atoms with Crippen LogP contribution in [0.5, 0.6) is 0 Å². The molecule has 62 valence electrons. The molecule has 5 heteroatoms. The second kappa shape index (κ2) is 3.81. The topological polar surface area (TPSA) is 49.3 Å². The molecule has 0 aromatic heterocycles. The van der Waals surface area contributed by atoms with Crippen LogP contribution in [0.3, 0.4) is 0 Å². The summed E-state index contributed by atoms with van der Waals surface area (Å²) in [4.78, 5) is 1.14. The third-order valence-corrected chi connectivity index (χ3v) is 2.04. The summed E-state index contributed by atoms with van der Waals surface area (Å²) in [5, 5.41) is 8.79. The first-order valence-electron chi connectivity index (χ1n) is 3.21. The molecule has 3 nitrogen and oxygen atoms in total. The number of nitriles is 1. The third-order valence-electron chi connectivity index (χ3n) is 1.42. The van der Waals surface area contributed by atoms with E-state index in [0.29, 0.717) is 5.57 Å². The molecular weight excluding hydrogens is 197 g/mol. The first kappa shape index (κ1) is 9.40. The lowest BCUT2D eigenvalue weighted by Crippen LogP contribution is -2.25. The van der Waals surface area contributed by atoms with Gasteiger partial charge in [-0.1, -0.05) is 23.2 Å². The van der Waals surface area contributed by atoms with Crippen LogP contribution in [0.15, 0.2) is 22.9 Å². The molecule has 0 bridgehead atoms.